The lowest BCUT2D eigenvalue weighted by Crippen LogP contribution is -2.64. The summed E-state index contributed by atoms with van der Waals surface area (Å²) < 4.78 is 0. The molecule has 0 spiro atoms. The standard InChI is InChI=1S/C16H22N2O2/c1-5-11(3)14-16(20)18(12(4)15(19)17-14)13-8-6-10(2)7-9-13/h6-9,11-12,14H,5H2,1-4H3,(H,17,19). The average Bonchev–Trinajstić information content (AvgIpc) is 2.44. The SMILES string of the molecule is CCC(C)C1NC(=O)C(C)N(c2ccc(C)cc2)C1=O. The van der Waals surface area contributed by atoms with Gasteiger partial charge in [0.25, 0.3) is 5.91 Å². The Morgan fingerprint density at radius 1 is 1.25 bits per heavy atom. The van der Waals surface area contributed by atoms with Gasteiger partial charge in [-0.1, -0.05) is 38.0 Å². The molecule has 20 heavy (non-hydrogen) atoms. The molecule has 1 aromatic rings. The van der Waals surface area contributed by atoms with Crippen LogP contribution < -0.4 is 10.2 Å². The van der Waals surface area contributed by atoms with Gasteiger partial charge in [-0.15, -0.1) is 0 Å². The van der Waals surface area contributed by atoms with E-state index in [0.29, 0.717) is 0 Å². The smallest absolute Gasteiger partial charge is 0.250 e. The van der Waals surface area contributed by atoms with E-state index in [-0.39, 0.29) is 17.7 Å². The monoisotopic (exact) mass is 274 g/mol. The number of piperazine rings is 1. The summed E-state index contributed by atoms with van der Waals surface area (Å²) in [5.41, 5.74) is 1.92. The lowest BCUT2D eigenvalue weighted by molar-refractivity contribution is -0.134. The van der Waals surface area contributed by atoms with Gasteiger partial charge in [0.2, 0.25) is 5.91 Å². The van der Waals surface area contributed by atoms with E-state index in [9.17, 15) is 9.59 Å². The van der Waals surface area contributed by atoms with Crippen LogP contribution in [0.15, 0.2) is 24.3 Å². The molecule has 4 nitrogen and oxygen atoms in total. The van der Waals surface area contributed by atoms with Crippen LogP contribution >= 0.6 is 0 Å². The van der Waals surface area contributed by atoms with Crippen molar-refractivity contribution < 1.29 is 9.59 Å². The maximum atomic E-state index is 12.7. The Morgan fingerprint density at radius 2 is 1.85 bits per heavy atom. The van der Waals surface area contributed by atoms with Crippen molar-refractivity contribution in [1.29, 1.82) is 0 Å². The number of benzene rings is 1. The summed E-state index contributed by atoms with van der Waals surface area (Å²) >= 11 is 0. The van der Waals surface area contributed by atoms with Crippen LogP contribution in [0.4, 0.5) is 5.69 Å². The van der Waals surface area contributed by atoms with Gasteiger partial charge in [-0.2, -0.15) is 0 Å². The van der Waals surface area contributed by atoms with Crippen LogP contribution in [0.1, 0.15) is 32.8 Å². The summed E-state index contributed by atoms with van der Waals surface area (Å²) in [6.07, 6.45) is 0.854. The van der Waals surface area contributed by atoms with Crippen molar-refractivity contribution in [2.75, 3.05) is 4.90 Å². The van der Waals surface area contributed by atoms with Gasteiger partial charge in [0, 0.05) is 5.69 Å². The maximum Gasteiger partial charge on any atom is 0.250 e. The highest BCUT2D eigenvalue weighted by molar-refractivity contribution is 6.08. The zero-order valence-electron chi connectivity index (χ0n) is 12.5. The molecule has 108 valence electrons. The Bertz CT molecular complexity index is 510. The minimum atomic E-state index is -0.467. The minimum Gasteiger partial charge on any atom is -0.342 e. The molecular weight excluding hydrogens is 252 g/mol. The first-order chi connectivity index (χ1) is 9.45. The van der Waals surface area contributed by atoms with Crippen molar-refractivity contribution in [3.05, 3.63) is 29.8 Å². The summed E-state index contributed by atoms with van der Waals surface area (Å²) in [4.78, 5) is 26.4. The second-order valence-electron chi connectivity index (χ2n) is 5.59. The third kappa shape index (κ3) is 2.55. The van der Waals surface area contributed by atoms with Crippen LogP contribution in [0.5, 0.6) is 0 Å². The summed E-state index contributed by atoms with van der Waals surface area (Å²) in [6, 6.07) is 6.82. The summed E-state index contributed by atoms with van der Waals surface area (Å²) in [6.45, 7) is 7.78. The molecule has 2 amide bonds. The first-order valence-electron chi connectivity index (χ1n) is 7.15. The summed E-state index contributed by atoms with van der Waals surface area (Å²) in [5.74, 6) is 0.0256. The minimum absolute atomic E-state index is 0.0182. The van der Waals surface area contributed by atoms with Crippen LogP contribution in [0.2, 0.25) is 0 Å². The van der Waals surface area contributed by atoms with Crippen molar-refractivity contribution in [3.8, 4) is 0 Å². The van der Waals surface area contributed by atoms with Gasteiger partial charge in [0.15, 0.2) is 0 Å². The van der Waals surface area contributed by atoms with Gasteiger partial charge in [0.1, 0.15) is 12.1 Å². The first kappa shape index (κ1) is 14.6. The highest BCUT2D eigenvalue weighted by atomic mass is 16.2. The largest absolute Gasteiger partial charge is 0.342 e. The van der Waals surface area contributed by atoms with Gasteiger partial charge in [0.05, 0.1) is 0 Å². The molecule has 1 fully saturated rings. The number of anilines is 1. The lowest BCUT2D eigenvalue weighted by Gasteiger charge is -2.39. The van der Waals surface area contributed by atoms with Crippen molar-refractivity contribution in [3.63, 3.8) is 0 Å². The highest BCUT2D eigenvalue weighted by Gasteiger charge is 2.40. The Labute approximate surface area is 120 Å². The molecule has 3 unspecified atom stereocenters. The molecule has 0 aromatic heterocycles. The molecule has 1 N–H and O–H groups in total. The number of hydrogen-bond acceptors (Lipinski definition) is 2. The Balaban J connectivity index is 2.35. The fraction of sp³-hybridized carbons (Fsp3) is 0.500. The molecule has 0 saturated carbocycles. The van der Waals surface area contributed by atoms with Crippen molar-refractivity contribution in [2.45, 2.75) is 46.2 Å². The van der Waals surface area contributed by atoms with Crippen LogP contribution in [-0.2, 0) is 9.59 Å². The molecule has 1 aliphatic heterocycles. The molecular formula is C16H22N2O2. The maximum absolute atomic E-state index is 12.7. The summed E-state index contributed by atoms with van der Waals surface area (Å²) in [7, 11) is 0. The Hall–Kier alpha value is -1.84. The third-order valence-electron chi connectivity index (χ3n) is 4.09. The first-order valence-corrected chi connectivity index (χ1v) is 7.15. The van der Waals surface area contributed by atoms with Gasteiger partial charge in [-0.3, -0.25) is 14.5 Å². The van der Waals surface area contributed by atoms with E-state index in [4.69, 9.17) is 0 Å². The summed E-state index contributed by atoms with van der Waals surface area (Å²) in [5, 5.41) is 2.85. The van der Waals surface area contributed by atoms with Gasteiger partial charge in [-0.05, 0) is 31.9 Å². The fourth-order valence-corrected chi connectivity index (χ4v) is 2.47. The van der Waals surface area contributed by atoms with E-state index >= 15 is 0 Å². The van der Waals surface area contributed by atoms with Crippen LogP contribution in [0, 0.1) is 12.8 Å². The fourth-order valence-electron chi connectivity index (χ4n) is 2.47. The predicted molar refractivity (Wildman–Crippen MR) is 79.5 cm³/mol. The molecule has 2 rings (SSSR count). The quantitative estimate of drug-likeness (QED) is 0.919. The predicted octanol–water partition coefficient (Wildman–Crippen LogP) is 2.26. The molecule has 0 aliphatic carbocycles. The van der Waals surface area contributed by atoms with E-state index in [2.05, 4.69) is 5.32 Å². The van der Waals surface area contributed by atoms with Crippen LogP contribution in [0.25, 0.3) is 0 Å². The number of carbonyl (C=O) groups is 2. The van der Waals surface area contributed by atoms with E-state index in [1.165, 1.54) is 0 Å². The third-order valence-corrected chi connectivity index (χ3v) is 4.09. The molecule has 1 heterocycles. The molecule has 1 aromatic carbocycles. The Kier molecular flexibility index (Phi) is 4.12. The number of nitrogens with zero attached hydrogens (tertiary/aromatic N) is 1. The molecule has 1 saturated heterocycles. The average molecular weight is 274 g/mol. The van der Waals surface area contributed by atoms with E-state index in [1.54, 1.807) is 11.8 Å². The molecule has 0 bridgehead atoms. The topological polar surface area (TPSA) is 49.4 Å². The molecule has 0 radical (unpaired) electrons. The number of rotatable bonds is 3. The van der Waals surface area contributed by atoms with Gasteiger partial charge >= 0.3 is 0 Å². The van der Waals surface area contributed by atoms with Crippen molar-refractivity contribution >= 4 is 17.5 Å². The number of amides is 2. The highest BCUT2D eigenvalue weighted by Crippen LogP contribution is 2.24. The number of nitrogens with one attached hydrogen (secondary N) is 1. The van der Waals surface area contributed by atoms with Crippen molar-refractivity contribution in [2.24, 2.45) is 5.92 Å². The van der Waals surface area contributed by atoms with Crippen LogP contribution in [-0.4, -0.2) is 23.9 Å². The van der Waals surface area contributed by atoms with Crippen LogP contribution in [0.3, 0.4) is 0 Å². The number of carbonyl (C=O) groups excluding carboxylic acids is 2. The van der Waals surface area contributed by atoms with E-state index in [1.807, 2.05) is 45.0 Å². The van der Waals surface area contributed by atoms with Gasteiger partial charge < -0.3 is 5.32 Å². The van der Waals surface area contributed by atoms with E-state index in [0.717, 1.165) is 17.7 Å². The lowest BCUT2D eigenvalue weighted by atomic mass is 9.94. The van der Waals surface area contributed by atoms with Crippen molar-refractivity contribution in [1.82, 2.24) is 5.32 Å². The second-order valence-corrected chi connectivity index (χ2v) is 5.59. The molecule has 4 heteroatoms. The van der Waals surface area contributed by atoms with E-state index < -0.39 is 12.1 Å². The number of aryl methyl sites for hydroxylation is 1. The molecule has 1 aliphatic rings. The zero-order chi connectivity index (χ0) is 14.9. The Morgan fingerprint density at radius 3 is 2.40 bits per heavy atom. The number of hydrogen-bond donors (Lipinski definition) is 1. The second kappa shape index (κ2) is 5.65. The molecule has 3 atom stereocenters. The zero-order valence-corrected chi connectivity index (χ0v) is 12.5. The normalized spacial score (nSPS) is 24.5. The van der Waals surface area contributed by atoms with Gasteiger partial charge in [-0.25, -0.2) is 0 Å².